The third kappa shape index (κ3) is 1.65. The van der Waals surface area contributed by atoms with Gasteiger partial charge in [0.05, 0.1) is 6.67 Å². The highest BCUT2D eigenvalue weighted by Crippen LogP contribution is 2.23. The molecular weight excluding hydrogens is 204 g/mol. The molecule has 2 heterocycles. The Kier molecular flexibility index (Phi) is 2.62. The first-order valence-corrected chi connectivity index (χ1v) is 5.00. The van der Waals surface area contributed by atoms with Crippen LogP contribution in [0.4, 0.5) is 0 Å². The molecule has 2 aromatic rings. The van der Waals surface area contributed by atoms with Crippen molar-refractivity contribution in [3.05, 3.63) is 29.8 Å². The Balaban J connectivity index is 2.52. The van der Waals surface area contributed by atoms with Gasteiger partial charge in [-0.25, -0.2) is 9.67 Å². The molecule has 0 bridgehead atoms. The summed E-state index contributed by atoms with van der Waals surface area (Å²) in [7, 11) is 0. The van der Waals surface area contributed by atoms with Crippen molar-refractivity contribution in [2.24, 2.45) is 5.73 Å². The summed E-state index contributed by atoms with van der Waals surface area (Å²) in [5, 5.41) is 4.26. The molecule has 0 radical (unpaired) electrons. The second-order valence-electron chi connectivity index (χ2n) is 3.55. The fourth-order valence-electron chi connectivity index (χ4n) is 1.60. The van der Waals surface area contributed by atoms with Gasteiger partial charge in [-0.15, -0.1) is 5.10 Å². The number of aromatic nitrogens is 3. The first-order valence-electron chi connectivity index (χ1n) is 5.00. The minimum Gasteiger partial charge on any atom is -0.458 e. The first-order chi connectivity index (χ1) is 7.65. The van der Waals surface area contributed by atoms with Gasteiger partial charge in [-0.05, 0) is 31.6 Å². The van der Waals surface area contributed by atoms with Crippen LogP contribution in [0.5, 0.6) is 0 Å². The number of nitrogens with zero attached hydrogens (tertiary/aromatic N) is 3. The highest BCUT2D eigenvalue weighted by molar-refractivity contribution is 5.54. The van der Waals surface area contributed by atoms with Crippen molar-refractivity contribution in [2.45, 2.75) is 20.5 Å². The second kappa shape index (κ2) is 3.94. The molecule has 84 valence electrons. The van der Waals surface area contributed by atoms with E-state index < -0.39 is 0 Å². The van der Waals surface area contributed by atoms with Crippen LogP contribution in [-0.4, -0.2) is 14.8 Å². The molecule has 16 heavy (non-hydrogen) atoms. The lowest BCUT2D eigenvalue weighted by Gasteiger charge is -1.94. The van der Waals surface area contributed by atoms with Gasteiger partial charge in [-0.2, -0.15) is 0 Å². The SMILES string of the molecule is C=Cc1nc(-c2oc(C)cc2C)nn1CN. The zero-order chi connectivity index (χ0) is 11.7. The predicted octanol–water partition coefficient (Wildman–Crippen LogP) is 1.71. The lowest BCUT2D eigenvalue weighted by atomic mass is 10.2. The number of hydrogen-bond donors (Lipinski definition) is 1. The average Bonchev–Trinajstić information content (AvgIpc) is 2.81. The number of hydrogen-bond acceptors (Lipinski definition) is 4. The molecule has 5 heteroatoms. The molecule has 2 rings (SSSR count). The lowest BCUT2D eigenvalue weighted by molar-refractivity contribution is 0.540. The molecule has 0 aliphatic carbocycles. The molecule has 2 aromatic heterocycles. The lowest BCUT2D eigenvalue weighted by Crippen LogP contribution is -2.10. The summed E-state index contributed by atoms with van der Waals surface area (Å²) in [5.41, 5.74) is 6.56. The summed E-state index contributed by atoms with van der Waals surface area (Å²) in [6.07, 6.45) is 1.62. The topological polar surface area (TPSA) is 69.9 Å². The van der Waals surface area contributed by atoms with Crippen molar-refractivity contribution >= 4 is 6.08 Å². The number of rotatable bonds is 3. The Hall–Kier alpha value is -1.88. The Morgan fingerprint density at radius 3 is 2.75 bits per heavy atom. The summed E-state index contributed by atoms with van der Waals surface area (Å²) in [4.78, 5) is 4.30. The van der Waals surface area contributed by atoms with Crippen molar-refractivity contribution in [1.29, 1.82) is 0 Å². The van der Waals surface area contributed by atoms with Crippen LogP contribution in [-0.2, 0) is 6.67 Å². The van der Waals surface area contributed by atoms with E-state index in [-0.39, 0.29) is 6.67 Å². The van der Waals surface area contributed by atoms with E-state index in [1.165, 1.54) is 0 Å². The molecule has 2 N–H and O–H groups in total. The fourth-order valence-corrected chi connectivity index (χ4v) is 1.60. The summed E-state index contributed by atoms with van der Waals surface area (Å²) >= 11 is 0. The van der Waals surface area contributed by atoms with Gasteiger partial charge in [0.25, 0.3) is 0 Å². The minimum absolute atomic E-state index is 0.271. The molecule has 0 unspecified atom stereocenters. The van der Waals surface area contributed by atoms with Crippen LogP contribution < -0.4 is 5.73 Å². The van der Waals surface area contributed by atoms with Gasteiger partial charge in [0.2, 0.25) is 5.82 Å². The standard InChI is InChI=1S/C11H14N4O/c1-4-9-13-11(14-15(9)6-12)10-7(2)5-8(3)16-10/h4-5H,1,6,12H2,2-3H3. The summed E-state index contributed by atoms with van der Waals surface area (Å²) in [6.45, 7) is 7.79. The summed E-state index contributed by atoms with van der Waals surface area (Å²) < 4.78 is 7.13. The monoisotopic (exact) mass is 218 g/mol. The fraction of sp³-hybridized carbons (Fsp3) is 0.273. The van der Waals surface area contributed by atoms with E-state index in [0.29, 0.717) is 17.4 Å². The van der Waals surface area contributed by atoms with Crippen LogP contribution in [0.1, 0.15) is 17.1 Å². The van der Waals surface area contributed by atoms with E-state index in [2.05, 4.69) is 16.7 Å². The Morgan fingerprint density at radius 2 is 2.31 bits per heavy atom. The number of nitrogens with two attached hydrogens (primary N) is 1. The molecule has 0 aliphatic heterocycles. The van der Waals surface area contributed by atoms with E-state index in [0.717, 1.165) is 11.3 Å². The maximum Gasteiger partial charge on any atom is 0.217 e. The van der Waals surface area contributed by atoms with E-state index in [9.17, 15) is 0 Å². The van der Waals surface area contributed by atoms with Crippen molar-refractivity contribution in [3.8, 4) is 11.6 Å². The molecule has 0 saturated carbocycles. The second-order valence-corrected chi connectivity index (χ2v) is 3.55. The highest BCUT2D eigenvalue weighted by atomic mass is 16.3. The van der Waals surface area contributed by atoms with Crippen molar-refractivity contribution in [3.63, 3.8) is 0 Å². The van der Waals surface area contributed by atoms with Gasteiger partial charge in [0.1, 0.15) is 5.76 Å². The zero-order valence-corrected chi connectivity index (χ0v) is 9.40. The van der Waals surface area contributed by atoms with Gasteiger partial charge in [0.15, 0.2) is 11.6 Å². The molecule has 5 nitrogen and oxygen atoms in total. The third-order valence-corrected chi connectivity index (χ3v) is 2.30. The molecule has 0 saturated heterocycles. The third-order valence-electron chi connectivity index (χ3n) is 2.30. The molecule has 0 aliphatic rings. The highest BCUT2D eigenvalue weighted by Gasteiger charge is 2.14. The Labute approximate surface area is 93.6 Å². The van der Waals surface area contributed by atoms with Crippen molar-refractivity contribution in [1.82, 2.24) is 14.8 Å². The molecule has 0 atom stereocenters. The number of aryl methyl sites for hydroxylation is 2. The Morgan fingerprint density at radius 1 is 1.56 bits per heavy atom. The largest absolute Gasteiger partial charge is 0.458 e. The Bertz CT molecular complexity index is 524. The summed E-state index contributed by atoms with van der Waals surface area (Å²) in [6, 6.07) is 1.95. The van der Waals surface area contributed by atoms with Crippen LogP contribution in [0.2, 0.25) is 0 Å². The minimum atomic E-state index is 0.271. The zero-order valence-electron chi connectivity index (χ0n) is 9.40. The van der Waals surface area contributed by atoms with Crippen LogP contribution in [0.15, 0.2) is 17.1 Å². The van der Waals surface area contributed by atoms with Gasteiger partial charge in [0, 0.05) is 0 Å². The van der Waals surface area contributed by atoms with E-state index in [1.54, 1.807) is 10.8 Å². The van der Waals surface area contributed by atoms with E-state index in [1.807, 2.05) is 19.9 Å². The van der Waals surface area contributed by atoms with Crippen LogP contribution in [0.25, 0.3) is 17.7 Å². The van der Waals surface area contributed by atoms with Gasteiger partial charge in [-0.3, -0.25) is 0 Å². The van der Waals surface area contributed by atoms with Gasteiger partial charge < -0.3 is 10.2 Å². The molecule has 0 aromatic carbocycles. The van der Waals surface area contributed by atoms with Gasteiger partial charge in [-0.1, -0.05) is 6.58 Å². The van der Waals surface area contributed by atoms with Gasteiger partial charge >= 0.3 is 0 Å². The van der Waals surface area contributed by atoms with Crippen molar-refractivity contribution in [2.75, 3.05) is 0 Å². The molecule has 0 fully saturated rings. The predicted molar refractivity (Wildman–Crippen MR) is 61.5 cm³/mol. The van der Waals surface area contributed by atoms with E-state index >= 15 is 0 Å². The summed E-state index contributed by atoms with van der Waals surface area (Å²) in [5.74, 6) is 2.72. The molecule has 0 spiro atoms. The normalized spacial score (nSPS) is 10.7. The first kappa shape index (κ1) is 10.6. The maximum absolute atomic E-state index is 5.54. The van der Waals surface area contributed by atoms with E-state index in [4.69, 9.17) is 10.2 Å². The smallest absolute Gasteiger partial charge is 0.217 e. The maximum atomic E-state index is 5.54. The number of furan rings is 1. The van der Waals surface area contributed by atoms with Crippen LogP contribution in [0, 0.1) is 13.8 Å². The van der Waals surface area contributed by atoms with Crippen LogP contribution >= 0.6 is 0 Å². The van der Waals surface area contributed by atoms with Crippen LogP contribution in [0.3, 0.4) is 0 Å². The molecule has 0 amide bonds. The quantitative estimate of drug-likeness (QED) is 0.851. The van der Waals surface area contributed by atoms with Crippen molar-refractivity contribution < 1.29 is 4.42 Å². The molecular formula is C11H14N4O. The average molecular weight is 218 g/mol.